The zero-order valence-corrected chi connectivity index (χ0v) is 20.5. The highest BCUT2D eigenvalue weighted by Gasteiger charge is 2.32. The molecule has 3 rings (SSSR count). The Hall–Kier alpha value is -2.16. The van der Waals surface area contributed by atoms with E-state index in [2.05, 4.69) is 5.32 Å². The molecule has 2 amide bonds. The van der Waals surface area contributed by atoms with E-state index in [1.54, 1.807) is 26.0 Å². The van der Waals surface area contributed by atoms with Crippen LogP contribution in [0, 0.1) is 6.92 Å². The van der Waals surface area contributed by atoms with E-state index in [0.29, 0.717) is 12.2 Å². The van der Waals surface area contributed by atoms with Crippen LogP contribution in [0.3, 0.4) is 0 Å². The lowest BCUT2D eigenvalue weighted by Gasteiger charge is -2.24. The van der Waals surface area contributed by atoms with E-state index in [4.69, 9.17) is 18.3 Å². The van der Waals surface area contributed by atoms with Gasteiger partial charge in [0.05, 0.1) is 18.5 Å². The summed E-state index contributed by atoms with van der Waals surface area (Å²) in [5.74, 6) is 0.318. The minimum atomic E-state index is -3.76. The van der Waals surface area contributed by atoms with Crippen LogP contribution in [0.1, 0.15) is 36.6 Å². The molecule has 0 saturated carbocycles. The molecule has 0 aromatic heterocycles. The molecule has 0 radical (unpaired) electrons. The SMILES string of the molecule is CCOP(=O)(OCC)OC(COc1ccc(CC2SC(=O)NC2=O)cc1)c1ccc(C)cc1. The first-order valence-corrected chi connectivity index (χ1v) is 13.0. The Bertz CT molecular complexity index is 987. The normalized spacial score (nSPS) is 17.1. The third-order valence-corrected chi connectivity index (χ3v) is 7.44. The average Bonchev–Trinajstić information content (AvgIpc) is 3.09. The van der Waals surface area contributed by atoms with Crippen LogP contribution in [0.25, 0.3) is 0 Å². The second-order valence-electron chi connectivity index (χ2n) is 7.33. The maximum Gasteiger partial charge on any atom is 0.475 e. The molecule has 0 bridgehead atoms. The molecule has 2 unspecified atom stereocenters. The number of carbonyl (C=O) groups excluding carboxylic acids is 2. The van der Waals surface area contributed by atoms with Crippen molar-refractivity contribution in [1.29, 1.82) is 0 Å². The predicted molar refractivity (Wildman–Crippen MR) is 126 cm³/mol. The number of carbonyl (C=O) groups is 2. The average molecular weight is 494 g/mol. The van der Waals surface area contributed by atoms with Crippen LogP contribution in [0.15, 0.2) is 48.5 Å². The third kappa shape index (κ3) is 7.42. The number of rotatable bonds is 12. The highest BCUT2D eigenvalue weighted by Crippen LogP contribution is 2.53. The van der Waals surface area contributed by atoms with Gasteiger partial charge >= 0.3 is 7.82 Å². The number of phosphoric acid groups is 1. The quantitative estimate of drug-likeness (QED) is 0.403. The molecular weight excluding hydrogens is 465 g/mol. The van der Waals surface area contributed by atoms with Gasteiger partial charge in [0.15, 0.2) is 0 Å². The van der Waals surface area contributed by atoms with Gasteiger partial charge in [-0.25, -0.2) is 4.57 Å². The van der Waals surface area contributed by atoms with Crippen LogP contribution < -0.4 is 10.1 Å². The lowest BCUT2D eigenvalue weighted by molar-refractivity contribution is -0.118. The fourth-order valence-corrected chi connectivity index (χ4v) is 5.36. The molecule has 1 heterocycles. The molecule has 1 fully saturated rings. The Balaban J connectivity index is 1.68. The summed E-state index contributed by atoms with van der Waals surface area (Å²) in [4.78, 5) is 23.1. The van der Waals surface area contributed by atoms with E-state index >= 15 is 0 Å². The zero-order chi connectivity index (χ0) is 23.8. The van der Waals surface area contributed by atoms with E-state index in [9.17, 15) is 14.2 Å². The number of amides is 2. The van der Waals surface area contributed by atoms with Crippen LogP contribution in [0.2, 0.25) is 0 Å². The van der Waals surface area contributed by atoms with E-state index in [-0.39, 0.29) is 31.0 Å². The molecular formula is C23H28NO7PS. The highest BCUT2D eigenvalue weighted by atomic mass is 32.2. The molecule has 178 valence electrons. The van der Waals surface area contributed by atoms with Crippen molar-refractivity contribution in [2.24, 2.45) is 0 Å². The number of thioether (sulfide) groups is 1. The first-order valence-electron chi connectivity index (χ1n) is 10.7. The van der Waals surface area contributed by atoms with Crippen molar-refractivity contribution in [3.63, 3.8) is 0 Å². The molecule has 8 nitrogen and oxygen atoms in total. The molecule has 0 spiro atoms. The van der Waals surface area contributed by atoms with Crippen molar-refractivity contribution < 1.29 is 32.5 Å². The third-order valence-electron chi connectivity index (χ3n) is 4.79. The Kier molecular flexibility index (Phi) is 9.11. The van der Waals surface area contributed by atoms with Gasteiger partial charge in [0.1, 0.15) is 18.5 Å². The number of phosphoric ester groups is 1. The highest BCUT2D eigenvalue weighted by molar-refractivity contribution is 8.15. The van der Waals surface area contributed by atoms with E-state index in [1.165, 1.54) is 0 Å². The van der Waals surface area contributed by atoms with Crippen LogP contribution in [-0.2, 0) is 29.4 Å². The van der Waals surface area contributed by atoms with Crippen molar-refractivity contribution in [1.82, 2.24) is 5.32 Å². The molecule has 1 N–H and O–H groups in total. The monoisotopic (exact) mass is 493 g/mol. The second kappa shape index (κ2) is 11.8. The van der Waals surface area contributed by atoms with Gasteiger partial charge < -0.3 is 4.74 Å². The van der Waals surface area contributed by atoms with Gasteiger partial charge in [0.2, 0.25) is 5.91 Å². The summed E-state index contributed by atoms with van der Waals surface area (Å²) in [6, 6.07) is 14.9. The van der Waals surface area contributed by atoms with Gasteiger partial charge in [-0.05, 0) is 50.5 Å². The smallest absolute Gasteiger partial charge is 0.475 e. The molecule has 33 heavy (non-hydrogen) atoms. The van der Waals surface area contributed by atoms with Gasteiger partial charge in [-0.1, -0.05) is 53.7 Å². The van der Waals surface area contributed by atoms with Crippen molar-refractivity contribution in [2.75, 3.05) is 19.8 Å². The molecule has 2 aromatic rings. The Morgan fingerprint density at radius 3 is 2.18 bits per heavy atom. The van der Waals surface area contributed by atoms with Crippen LogP contribution in [-0.4, -0.2) is 36.2 Å². The molecule has 2 aromatic carbocycles. The largest absolute Gasteiger partial charge is 0.491 e. The molecule has 1 saturated heterocycles. The first-order chi connectivity index (χ1) is 15.8. The molecule has 1 aliphatic heterocycles. The molecule has 0 aliphatic carbocycles. The van der Waals surface area contributed by atoms with Gasteiger partial charge in [-0.15, -0.1) is 0 Å². The van der Waals surface area contributed by atoms with Crippen molar-refractivity contribution in [3.05, 3.63) is 65.2 Å². The molecule has 2 atom stereocenters. The Morgan fingerprint density at radius 2 is 1.64 bits per heavy atom. The summed E-state index contributed by atoms with van der Waals surface area (Å²) in [7, 11) is -3.76. The fourth-order valence-electron chi connectivity index (χ4n) is 3.17. The summed E-state index contributed by atoms with van der Waals surface area (Å²) < 4.78 is 35.3. The van der Waals surface area contributed by atoms with Crippen LogP contribution in [0.5, 0.6) is 5.75 Å². The Labute approximate surface area is 197 Å². The van der Waals surface area contributed by atoms with Crippen molar-refractivity contribution in [3.8, 4) is 5.75 Å². The maximum atomic E-state index is 13.0. The maximum absolute atomic E-state index is 13.0. The lowest BCUT2D eigenvalue weighted by atomic mass is 10.1. The van der Waals surface area contributed by atoms with Crippen LogP contribution >= 0.6 is 19.6 Å². The first kappa shape index (κ1) is 25.5. The lowest BCUT2D eigenvalue weighted by Crippen LogP contribution is -2.25. The van der Waals surface area contributed by atoms with Crippen molar-refractivity contribution >= 4 is 30.7 Å². The standard InChI is InChI=1S/C23H28NO7PS/c1-4-29-32(27,30-5-2)31-20(18-10-6-16(3)7-11-18)15-28-19-12-8-17(9-13-19)14-21-22(25)24-23(26)33-21/h6-13,20-21H,4-5,14-15H2,1-3H3,(H,24,25,26). The number of hydrogen-bond donors (Lipinski definition) is 1. The van der Waals surface area contributed by atoms with Gasteiger partial charge in [0.25, 0.3) is 5.24 Å². The Morgan fingerprint density at radius 1 is 1.00 bits per heavy atom. The summed E-state index contributed by atoms with van der Waals surface area (Å²) >= 11 is 1.00. The summed E-state index contributed by atoms with van der Waals surface area (Å²) in [6.45, 7) is 5.87. The fraction of sp³-hybridized carbons (Fsp3) is 0.391. The second-order valence-corrected chi connectivity index (χ2v) is 10.1. The summed E-state index contributed by atoms with van der Waals surface area (Å²) in [6.07, 6.45) is -0.234. The number of nitrogens with one attached hydrogen (secondary N) is 1. The minimum absolute atomic E-state index is 0.0852. The van der Waals surface area contributed by atoms with Crippen LogP contribution in [0.4, 0.5) is 4.79 Å². The zero-order valence-electron chi connectivity index (χ0n) is 18.8. The molecule has 1 aliphatic rings. The minimum Gasteiger partial charge on any atom is -0.491 e. The number of ether oxygens (including phenoxy) is 1. The van der Waals surface area contributed by atoms with E-state index in [0.717, 1.165) is 28.5 Å². The summed E-state index contributed by atoms with van der Waals surface area (Å²) in [5, 5.41) is 1.55. The number of hydrogen-bond acceptors (Lipinski definition) is 8. The van der Waals surface area contributed by atoms with Gasteiger partial charge in [-0.2, -0.15) is 0 Å². The van der Waals surface area contributed by atoms with E-state index < -0.39 is 19.2 Å². The number of aryl methyl sites for hydroxylation is 1. The van der Waals surface area contributed by atoms with Gasteiger partial charge in [0, 0.05) is 0 Å². The molecule has 10 heteroatoms. The topological polar surface area (TPSA) is 100 Å². The van der Waals surface area contributed by atoms with Crippen molar-refractivity contribution in [2.45, 2.75) is 38.5 Å². The number of benzene rings is 2. The van der Waals surface area contributed by atoms with Gasteiger partial charge in [-0.3, -0.25) is 28.5 Å². The van der Waals surface area contributed by atoms with E-state index in [1.807, 2.05) is 43.3 Å². The predicted octanol–water partition coefficient (Wildman–Crippen LogP) is 5.21. The summed E-state index contributed by atoms with van der Waals surface area (Å²) in [5.41, 5.74) is 2.78. The number of imide groups is 1.